The lowest BCUT2D eigenvalue weighted by molar-refractivity contribution is -0.125. The lowest BCUT2D eigenvalue weighted by Crippen LogP contribution is -2.42. The number of benzene rings is 1. The molecular weight excluding hydrogens is 468 g/mol. The molecular formula is C28H36N6O3. The van der Waals surface area contributed by atoms with Crippen LogP contribution in [0.5, 0.6) is 0 Å². The summed E-state index contributed by atoms with van der Waals surface area (Å²) >= 11 is 0. The third-order valence-corrected chi connectivity index (χ3v) is 8.17. The van der Waals surface area contributed by atoms with Gasteiger partial charge in [-0.1, -0.05) is 33.4 Å². The highest BCUT2D eigenvalue weighted by Gasteiger charge is 2.50. The van der Waals surface area contributed by atoms with Gasteiger partial charge in [0.05, 0.1) is 17.2 Å². The Morgan fingerprint density at radius 1 is 1.32 bits per heavy atom. The third-order valence-electron chi connectivity index (χ3n) is 8.17. The van der Waals surface area contributed by atoms with Gasteiger partial charge in [0.25, 0.3) is 5.91 Å². The maximum absolute atomic E-state index is 12.8. The smallest absolute Gasteiger partial charge is 0.295 e. The summed E-state index contributed by atoms with van der Waals surface area (Å²) in [5.41, 5.74) is 3.24. The molecule has 1 aliphatic heterocycles. The van der Waals surface area contributed by atoms with Crippen LogP contribution < -0.4 is 10.6 Å². The molecule has 2 aliphatic rings. The van der Waals surface area contributed by atoms with Crippen molar-refractivity contribution in [2.45, 2.75) is 65.6 Å². The van der Waals surface area contributed by atoms with E-state index < -0.39 is 0 Å². The zero-order chi connectivity index (χ0) is 26.4. The van der Waals surface area contributed by atoms with Gasteiger partial charge < -0.3 is 19.2 Å². The standard InChI is InChI=1S/C28H36N6O3/c1-6-24(35)33-10-9-28(16-33)12-20(13-28)34-22-8-7-19(14-30-18(2)27(3,4)5)11-21(22)31-26(34)32-25(36)23-15-29-17-37-23/h6-8,11,15,17-18,20,30H,1,9-10,12-14,16H2,2-5H3,(H,31,32,36)/t18-,20-,28-/m0/s1. The summed E-state index contributed by atoms with van der Waals surface area (Å²) in [7, 11) is 0. The second-order valence-corrected chi connectivity index (χ2v) is 11.7. The maximum Gasteiger partial charge on any atom is 0.295 e. The highest BCUT2D eigenvalue weighted by atomic mass is 16.3. The Morgan fingerprint density at radius 2 is 2.11 bits per heavy atom. The van der Waals surface area contributed by atoms with E-state index in [-0.39, 0.29) is 34.4 Å². The van der Waals surface area contributed by atoms with E-state index in [0.29, 0.717) is 12.0 Å². The zero-order valence-electron chi connectivity index (χ0n) is 22.1. The van der Waals surface area contributed by atoms with Crippen LogP contribution in [-0.2, 0) is 11.3 Å². The molecule has 9 nitrogen and oxygen atoms in total. The predicted molar refractivity (Wildman–Crippen MR) is 142 cm³/mol. The van der Waals surface area contributed by atoms with Crippen LogP contribution in [0.4, 0.5) is 5.95 Å². The SMILES string of the molecule is C=CC(=O)N1CC[C@]2(C1)C[C@H](n1c(NC(=O)c3cnco3)nc3cc(CN[C@@H](C)C(C)(C)C)ccc31)C2. The molecule has 1 spiro atoms. The van der Waals surface area contributed by atoms with Crippen molar-refractivity contribution in [2.24, 2.45) is 10.8 Å². The number of amides is 2. The van der Waals surface area contributed by atoms with Gasteiger partial charge in [0.15, 0.2) is 6.39 Å². The Labute approximate surface area is 217 Å². The number of carbonyl (C=O) groups excluding carboxylic acids is 2. The van der Waals surface area contributed by atoms with Gasteiger partial charge in [-0.15, -0.1) is 0 Å². The minimum Gasteiger partial charge on any atom is -0.438 e. The monoisotopic (exact) mass is 504 g/mol. The minimum atomic E-state index is -0.382. The number of nitrogens with one attached hydrogen (secondary N) is 2. The van der Waals surface area contributed by atoms with E-state index in [4.69, 9.17) is 9.40 Å². The number of oxazole rings is 1. The molecule has 0 radical (unpaired) electrons. The Bertz CT molecular complexity index is 1310. The largest absolute Gasteiger partial charge is 0.438 e. The molecule has 1 aliphatic carbocycles. The average molecular weight is 505 g/mol. The first kappa shape index (κ1) is 25.2. The quantitative estimate of drug-likeness (QED) is 0.458. The highest BCUT2D eigenvalue weighted by molar-refractivity contribution is 6.02. The number of likely N-dealkylation sites (tertiary alicyclic amines) is 1. The first-order valence-corrected chi connectivity index (χ1v) is 12.9. The van der Waals surface area contributed by atoms with E-state index in [2.05, 4.69) is 72.7 Å². The number of fused-ring (bicyclic) bond motifs is 1. The van der Waals surface area contributed by atoms with E-state index in [1.165, 1.54) is 18.7 Å². The normalized spacial score (nSPS) is 22.3. The molecule has 3 aromatic rings. The van der Waals surface area contributed by atoms with Crippen molar-refractivity contribution in [1.82, 2.24) is 24.8 Å². The molecule has 37 heavy (non-hydrogen) atoms. The van der Waals surface area contributed by atoms with Crippen LogP contribution in [0, 0.1) is 10.8 Å². The van der Waals surface area contributed by atoms with E-state index in [1.54, 1.807) is 0 Å². The van der Waals surface area contributed by atoms with E-state index in [1.807, 2.05) is 4.90 Å². The number of aromatic nitrogens is 3. The summed E-state index contributed by atoms with van der Waals surface area (Å²) in [4.78, 5) is 35.5. The van der Waals surface area contributed by atoms with Crippen molar-refractivity contribution in [1.29, 1.82) is 0 Å². The van der Waals surface area contributed by atoms with Crippen molar-refractivity contribution >= 4 is 28.8 Å². The molecule has 0 bridgehead atoms. The minimum absolute atomic E-state index is 0.00432. The predicted octanol–water partition coefficient (Wildman–Crippen LogP) is 4.54. The second-order valence-electron chi connectivity index (χ2n) is 11.7. The van der Waals surface area contributed by atoms with Crippen molar-refractivity contribution in [3.8, 4) is 0 Å². The van der Waals surface area contributed by atoms with Crippen molar-refractivity contribution in [2.75, 3.05) is 18.4 Å². The molecule has 196 valence electrons. The number of rotatable bonds is 7. The summed E-state index contributed by atoms with van der Waals surface area (Å²) in [5, 5.41) is 6.55. The van der Waals surface area contributed by atoms with Crippen LogP contribution in [0.1, 0.15) is 69.1 Å². The van der Waals surface area contributed by atoms with Gasteiger partial charge in [-0.05, 0) is 60.8 Å². The van der Waals surface area contributed by atoms with Crippen molar-refractivity contribution in [3.05, 3.63) is 54.8 Å². The summed E-state index contributed by atoms with van der Waals surface area (Å²) in [5.74, 6) is 0.253. The number of anilines is 1. The van der Waals surface area contributed by atoms with Crippen LogP contribution in [0.25, 0.3) is 11.0 Å². The molecule has 1 aromatic carbocycles. The Morgan fingerprint density at radius 3 is 2.78 bits per heavy atom. The number of hydrogen-bond donors (Lipinski definition) is 2. The van der Waals surface area contributed by atoms with Crippen LogP contribution >= 0.6 is 0 Å². The van der Waals surface area contributed by atoms with Crippen LogP contribution in [0.3, 0.4) is 0 Å². The molecule has 1 saturated carbocycles. The molecule has 5 rings (SSSR count). The van der Waals surface area contributed by atoms with Gasteiger partial charge in [-0.2, -0.15) is 0 Å². The van der Waals surface area contributed by atoms with Gasteiger partial charge in [0, 0.05) is 31.7 Å². The molecule has 1 saturated heterocycles. The van der Waals surface area contributed by atoms with E-state index >= 15 is 0 Å². The van der Waals surface area contributed by atoms with Crippen molar-refractivity contribution in [3.63, 3.8) is 0 Å². The molecule has 2 amide bonds. The fourth-order valence-corrected chi connectivity index (χ4v) is 5.49. The highest BCUT2D eigenvalue weighted by Crippen LogP contribution is 2.55. The van der Waals surface area contributed by atoms with Crippen LogP contribution in [-0.4, -0.2) is 50.4 Å². The summed E-state index contributed by atoms with van der Waals surface area (Å²) in [6, 6.07) is 6.84. The summed E-state index contributed by atoms with van der Waals surface area (Å²) in [6.07, 6.45) is 6.86. The van der Waals surface area contributed by atoms with Gasteiger partial charge in [0.2, 0.25) is 17.6 Å². The Kier molecular flexibility index (Phi) is 6.43. The second kappa shape index (κ2) is 9.45. The van der Waals surface area contributed by atoms with Crippen LogP contribution in [0.2, 0.25) is 0 Å². The zero-order valence-corrected chi connectivity index (χ0v) is 22.1. The maximum atomic E-state index is 12.8. The molecule has 3 heterocycles. The Hall–Kier alpha value is -3.46. The van der Waals surface area contributed by atoms with Gasteiger partial charge in [0.1, 0.15) is 0 Å². The van der Waals surface area contributed by atoms with Gasteiger partial charge >= 0.3 is 0 Å². The third kappa shape index (κ3) is 4.92. The first-order valence-electron chi connectivity index (χ1n) is 12.9. The van der Waals surface area contributed by atoms with E-state index in [0.717, 1.165) is 55.5 Å². The Balaban J connectivity index is 1.40. The molecule has 1 atom stereocenters. The molecule has 2 fully saturated rings. The average Bonchev–Trinajstić information content (AvgIpc) is 3.58. The summed E-state index contributed by atoms with van der Waals surface area (Å²) in [6.45, 7) is 14.8. The number of nitrogens with zero attached hydrogens (tertiary/aromatic N) is 4. The molecule has 9 heteroatoms. The van der Waals surface area contributed by atoms with E-state index in [9.17, 15) is 9.59 Å². The van der Waals surface area contributed by atoms with Crippen LogP contribution in [0.15, 0.2) is 47.9 Å². The topological polar surface area (TPSA) is 105 Å². The number of carbonyl (C=O) groups is 2. The molecule has 2 aromatic heterocycles. The fourth-order valence-electron chi connectivity index (χ4n) is 5.49. The number of imidazole rings is 1. The van der Waals surface area contributed by atoms with Gasteiger partial charge in [-0.3, -0.25) is 14.9 Å². The van der Waals surface area contributed by atoms with Gasteiger partial charge in [-0.25, -0.2) is 9.97 Å². The fraction of sp³-hybridized carbons (Fsp3) is 0.500. The number of hydrogen-bond acceptors (Lipinski definition) is 6. The molecule has 0 unspecified atom stereocenters. The molecule has 2 N–H and O–H groups in total. The van der Waals surface area contributed by atoms with Crippen molar-refractivity contribution < 1.29 is 14.0 Å². The lowest BCUT2D eigenvalue weighted by atomic mass is 9.64. The lowest BCUT2D eigenvalue weighted by Gasteiger charge is -2.46. The summed E-state index contributed by atoms with van der Waals surface area (Å²) < 4.78 is 7.33. The first-order chi connectivity index (χ1) is 17.6.